The Hall–Kier alpha value is -1.95. The second-order valence-electron chi connectivity index (χ2n) is 6.89. The van der Waals surface area contributed by atoms with Crippen LogP contribution in [0.3, 0.4) is 0 Å². The van der Waals surface area contributed by atoms with E-state index in [1.807, 2.05) is 6.07 Å². The Morgan fingerprint density at radius 2 is 2.07 bits per heavy atom. The highest BCUT2D eigenvalue weighted by Crippen LogP contribution is 2.33. The molecule has 0 radical (unpaired) electrons. The molecule has 1 unspecified atom stereocenters. The fourth-order valence-corrected chi connectivity index (χ4v) is 4.08. The van der Waals surface area contributed by atoms with Crippen LogP contribution >= 0.6 is 0 Å². The van der Waals surface area contributed by atoms with Gasteiger partial charge in [0.05, 0.1) is 13.2 Å². The van der Waals surface area contributed by atoms with Gasteiger partial charge in [-0.1, -0.05) is 18.2 Å². The Morgan fingerprint density at radius 3 is 2.64 bits per heavy atom. The number of alkyl halides is 3. The third-order valence-corrected chi connectivity index (χ3v) is 6.22. The molecule has 2 aromatic rings. The maximum atomic E-state index is 13.0. The highest BCUT2D eigenvalue weighted by Gasteiger charge is 2.37. The van der Waals surface area contributed by atoms with Crippen LogP contribution < -0.4 is 4.72 Å². The summed E-state index contributed by atoms with van der Waals surface area (Å²) in [5.74, 6) is 0. The number of aliphatic hydroxyl groups is 1. The first-order valence-electron chi connectivity index (χ1n) is 8.57. The maximum Gasteiger partial charge on any atom is 0.435 e. The van der Waals surface area contributed by atoms with E-state index in [0.717, 1.165) is 25.7 Å². The highest BCUT2D eigenvalue weighted by atomic mass is 32.2. The van der Waals surface area contributed by atoms with E-state index in [1.165, 1.54) is 20.3 Å². The Morgan fingerprint density at radius 1 is 1.36 bits per heavy atom. The number of aryl methyl sites for hydroxylation is 1. The monoisotopic (exact) mass is 418 g/mol. The zero-order valence-electron chi connectivity index (χ0n) is 15.4. The zero-order chi connectivity index (χ0) is 20.7. The third-order valence-electron chi connectivity index (χ3n) is 4.68. The molecule has 1 atom stereocenters. The summed E-state index contributed by atoms with van der Waals surface area (Å²) in [6, 6.07) is 5.06. The molecule has 0 saturated heterocycles. The molecule has 154 valence electrons. The molecule has 0 spiro atoms. The van der Waals surface area contributed by atoms with Crippen molar-refractivity contribution in [2.24, 2.45) is 0 Å². The molecule has 0 fully saturated rings. The molecule has 0 saturated carbocycles. The number of halogens is 3. The maximum absolute atomic E-state index is 13.0. The van der Waals surface area contributed by atoms with E-state index in [9.17, 15) is 21.6 Å². The number of hydrogen-bond acceptors (Lipinski definition) is 4. The molecule has 11 heteroatoms. The van der Waals surface area contributed by atoms with E-state index < -0.39 is 28.7 Å². The van der Waals surface area contributed by atoms with E-state index >= 15 is 0 Å². The van der Waals surface area contributed by atoms with Crippen LogP contribution in [-0.4, -0.2) is 41.7 Å². The molecule has 1 aromatic heterocycles. The van der Waals surface area contributed by atoms with Gasteiger partial charge in [0.1, 0.15) is 0 Å². The average Bonchev–Trinajstić information content (AvgIpc) is 3.18. The first-order chi connectivity index (χ1) is 13.0. The Labute approximate surface area is 161 Å². The van der Waals surface area contributed by atoms with Gasteiger partial charge in [0.15, 0.2) is 5.69 Å². The summed E-state index contributed by atoms with van der Waals surface area (Å²) >= 11 is 0. The van der Waals surface area contributed by atoms with Crippen molar-refractivity contribution in [2.45, 2.75) is 38.2 Å². The normalized spacial score (nSPS) is 17.3. The molecule has 2 N–H and O–H groups in total. The Kier molecular flexibility index (Phi) is 5.54. The SMILES string of the molecule is CN(C)S(=O)(=O)NC1CCc2cc(Cn3cc(CO)c(C(F)(F)F)n3)ccc21. The molecule has 28 heavy (non-hydrogen) atoms. The van der Waals surface area contributed by atoms with Crippen molar-refractivity contribution >= 4 is 10.2 Å². The number of fused-ring (bicyclic) bond motifs is 1. The fourth-order valence-electron chi connectivity index (χ4n) is 3.26. The average molecular weight is 418 g/mol. The number of nitrogens with zero attached hydrogens (tertiary/aromatic N) is 3. The van der Waals surface area contributed by atoms with Gasteiger partial charge >= 0.3 is 6.18 Å². The van der Waals surface area contributed by atoms with Crippen LogP contribution in [0.25, 0.3) is 0 Å². The van der Waals surface area contributed by atoms with Gasteiger partial charge < -0.3 is 5.11 Å². The highest BCUT2D eigenvalue weighted by molar-refractivity contribution is 7.87. The van der Waals surface area contributed by atoms with Gasteiger partial charge in [-0.2, -0.15) is 35.7 Å². The molecule has 1 aliphatic rings. The van der Waals surface area contributed by atoms with E-state index in [2.05, 4.69) is 9.82 Å². The van der Waals surface area contributed by atoms with Crippen LogP contribution in [0.2, 0.25) is 0 Å². The molecule has 3 rings (SSSR count). The first kappa shape index (κ1) is 20.8. The molecule has 7 nitrogen and oxygen atoms in total. The lowest BCUT2D eigenvalue weighted by Crippen LogP contribution is -2.37. The predicted octanol–water partition coefficient (Wildman–Crippen LogP) is 1.83. The van der Waals surface area contributed by atoms with Crippen LogP contribution in [0.5, 0.6) is 0 Å². The van der Waals surface area contributed by atoms with E-state index in [0.29, 0.717) is 12.8 Å². The minimum absolute atomic E-state index is 0.116. The minimum atomic E-state index is -4.63. The van der Waals surface area contributed by atoms with E-state index in [-0.39, 0.29) is 18.2 Å². The van der Waals surface area contributed by atoms with Gasteiger partial charge in [-0.3, -0.25) is 4.68 Å². The van der Waals surface area contributed by atoms with Crippen LogP contribution in [0.1, 0.15) is 40.4 Å². The fraction of sp³-hybridized carbons (Fsp3) is 0.471. The minimum Gasteiger partial charge on any atom is -0.392 e. The predicted molar refractivity (Wildman–Crippen MR) is 95.5 cm³/mol. The smallest absolute Gasteiger partial charge is 0.392 e. The van der Waals surface area contributed by atoms with Crippen molar-refractivity contribution in [2.75, 3.05) is 14.1 Å². The summed E-state index contributed by atoms with van der Waals surface area (Å²) in [6.07, 6.45) is -2.17. The zero-order valence-corrected chi connectivity index (χ0v) is 16.2. The number of nitrogens with one attached hydrogen (secondary N) is 1. The van der Waals surface area contributed by atoms with Crippen LogP contribution in [0.4, 0.5) is 13.2 Å². The van der Waals surface area contributed by atoms with Crippen molar-refractivity contribution in [1.29, 1.82) is 0 Å². The molecular formula is C17H21F3N4O3S. The Bertz CT molecular complexity index is 971. The number of rotatable bonds is 6. The summed E-state index contributed by atoms with van der Waals surface area (Å²) in [5, 5.41) is 12.7. The topological polar surface area (TPSA) is 87.5 Å². The van der Waals surface area contributed by atoms with Crippen molar-refractivity contribution in [3.8, 4) is 0 Å². The van der Waals surface area contributed by atoms with Gasteiger partial charge in [0, 0.05) is 31.9 Å². The van der Waals surface area contributed by atoms with Crippen molar-refractivity contribution in [3.63, 3.8) is 0 Å². The number of aliphatic hydroxyl groups excluding tert-OH is 1. The second kappa shape index (κ2) is 7.47. The summed E-state index contributed by atoms with van der Waals surface area (Å²) in [5.41, 5.74) is 1.20. The molecular weight excluding hydrogens is 397 g/mol. The summed E-state index contributed by atoms with van der Waals surface area (Å²) < 4.78 is 67.8. The lowest BCUT2D eigenvalue weighted by Gasteiger charge is -2.18. The second-order valence-corrected chi connectivity index (χ2v) is 8.80. The van der Waals surface area contributed by atoms with E-state index in [4.69, 9.17) is 5.11 Å². The number of hydrogen-bond donors (Lipinski definition) is 2. The standard InChI is InChI=1S/C17H21F3N4O3S/c1-23(2)28(26,27)22-15-6-4-12-7-11(3-5-14(12)15)8-24-9-13(10-25)16(21-24)17(18,19)20/h3,5,7,9,15,22,25H,4,6,8,10H2,1-2H3. The molecule has 1 heterocycles. The van der Waals surface area contributed by atoms with Crippen molar-refractivity contribution in [3.05, 3.63) is 52.3 Å². The largest absolute Gasteiger partial charge is 0.435 e. The molecule has 1 aromatic carbocycles. The number of benzene rings is 1. The summed E-state index contributed by atoms with van der Waals surface area (Å²) in [6.45, 7) is -0.628. The third kappa shape index (κ3) is 4.22. The number of aromatic nitrogens is 2. The quantitative estimate of drug-likeness (QED) is 0.749. The Balaban J connectivity index is 1.80. The molecule has 0 amide bonds. The molecule has 0 aliphatic heterocycles. The van der Waals surface area contributed by atoms with Gasteiger partial charge in [-0.05, 0) is 29.5 Å². The van der Waals surface area contributed by atoms with Gasteiger partial charge in [0.25, 0.3) is 10.2 Å². The van der Waals surface area contributed by atoms with E-state index in [1.54, 1.807) is 12.1 Å². The van der Waals surface area contributed by atoms with Gasteiger partial charge in [0.2, 0.25) is 0 Å². The van der Waals surface area contributed by atoms with Crippen molar-refractivity contribution in [1.82, 2.24) is 18.8 Å². The lowest BCUT2D eigenvalue weighted by atomic mass is 10.1. The first-order valence-corrected chi connectivity index (χ1v) is 10.0. The van der Waals surface area contributed by atoms with Crippen LogP contribution in [0.15, 0.2) is 24.4 Å². The van der Waals surface area contributed by atoms with Crippen LogP contribution in [-0.2, 0) is 36.0 Å². The van der Waals surface area contributed by atoms with Gasteiger partial charge in [-0.15, -0.1) is 0 Å². The lowest BCUT2D eigenvalue weighted by molar-refractivity contribution is -0.142. The van der Waals surface area contributed by atoms with Gasteiger partial charge in [-0.25, -0.2) is 0 Å². The van der Waals surface area contributed by atoms with Crippen LogP contribution in [0, 0.1) is 0 Å². The van der Waals surface area contributed by atoms with Crippen molar-refractivity contribution < 1.29 is 26.7 Å². The molecule has 0 bridgehead atoms. The summed E-state index contributed by atoms with van der Waals surface area (Å²) in [4.78, 5) is 0. The summed E-state index contributed by atoms with van der Waals surface area (Å²) in [7, 11) is -0.672. The molecule has 1 aliphatic carbocycles.